The molecule has 0 saturated carbocycles. The minimum atomic E-state index is -4.69. The predicted molar refractivity (Wildman–Crippen MR) is 177 cm³/mol. The molecule has 3 aromatic rings. The predicted octanol–water partition coefficient (Wildman–Crippen LogP) is 6.16. The van der Waals surface area contributed by atoms with Gasteiger partial charge in [-0.3, -0.25) is 9.59 Å². The number of halogens is 5. The third-order valence-corrected chi connectivity index (χ3v) is 11.3. The zero-order valence-electron chi connectivity index (χ0n) is 18.3. The van der Waals surface area contributed by atoms with E-state index in [0.29, 0.717) is 12.2 Å². The van der Waals surface area contributed by atoms with Crippen molar-refractivity contribution in [1.29, 1.82) is 0 Å². The number of carbonyl (C=O) groups is 2. The zero-order chi connectivity index (χ0) is 27.1. The second kappa shape index (κ2) is 12.4. The number of fused-ring (bicyclic) bond motifs is 1. The lowest BCUT2D eigenvalue weighted by Gasteiger charge is -2.30. The third kappa shape index (κ3) is 7.09. The Morgan fingerprint density at radius 1 is 0.757 bits per heavy atom. The summed E-state index contributed by atoms with van der Waals surface area (Å²) < 4.78 is 49.1. The lowest BCUT2D eigenvalue weighted by molar-refractivity contribution is -0.151. The minimum Gasteiger partial charge on any atom is -0.744 e. The molecule has 7 nitrogen and oxygen atoms in total. The Balaban J connectivity index is 1.65. The summed E-state index contributed by atoms with van der Waals surface area (Å²) in [4.78, 5) is 26.5. The Morgan fingerprint density at radius 2 is 1.22 bits per heavy atom. The average Bonchev–Trinajstić information content (AvgIpc) is 2.79. The van der Waals surface area contributed by atoms with Crippen molar-refractivity contribution in [3.8, 4) is 11.5 Å². The van der Waals surface area contributed by atoms with E-state index in [-0.39, 0.29) is 24.2 Å². The van der Waals surface area contributed by atoms with Gasteiger partial charge in [0.25, 0.3) is 0 Å². The van der Waals surface area contributed by atoms with Crippen molar-refractivity contribution in [2.45, 2.75) is 17.7 Å². The number of hydrogen-bond acceptors (Lipinski definition) is 7. The summed E-state index contributed by atoms with van der Waals surface area (Å²) >= 11 is 9.88. The zero-order valence-corrected chi connectivity index (χ0v) is 29.9. The number of rotatable bonds is 5. The Bertz CT molecular complexity index is 1480. The number of ether oxygens (including phenoxy) is 2. The van der Waals surface area contributed by atoms with E-state index in [1.807, 2.05) is 36.4 Å². The molecule has 0 N–H and O–H groups in total. The van der Waals surface area contributed by atoms with Crippen molar-refractivity contribution in [3.63, 3.8) is 0 Å². The highest BCUT2D eigenvalue weighted by atomic mass is 127. The van der Waals surface area contributed by atoms with Crippen molar-refractivity contribution in [3.05, 3.63) is 77.5 Å². The maximum atomic E-state index is 13.5. The molecule has 2 atom stereocenters. The van der Waals surface area contributed by atoms with Crippen LogP contribution >= 0.6 is 113 Å². The molecule has 1 aliphatic carbocycles. The maximum Gasteiger partial charge on any atom is 0.315 e. The summed E-state index contributed by atoms with van der Waals surface area (Å²) in [6.07, 6.45) is 0.603. The molecule has 3 aromatic carbocycles. The van der Waals surface area contributed by atoms with Crippen LogP contribution in [0.5, 0.6) is 11.5 Å². The number of hydrogen-bond donors (Lipinski definition) is 0. The van der Waals surface area contributed by atoms with Gasteiger partial charge in [-0.15, -0.1) is 0 Å². The third-order valence-electron chi connectivity index (χ3n) is 5.70. The van der Waals surface area contributed by atoms with E-state index in [1.54, 1.807) is 45.2 Å². The largest absolute Gasteiger partial charge is 0.744 e. The fourth-order valence-electron chi connectivity index (χ4n) is 4.04. The molecule has 0 fully saturated rings. The Hall–Kier alpha value is 0.160. The van der Waals surface area contributed by atoms with Crippen LogP contribution in [0.25, 0.3) is 0 Å². The SMILES string of the molecule is O=C(Oc1cc(I)c(S(=O)(=O)[O-])c(I)c1)C1Cc2ccccc2CC1C(=O)Oc1c(I)cc(I)cc1I. The van der Waals surface area contributed by atoms with Gasteiger partial charge in [0.05, 0.1) is 23.9 Å². The van der Waals surface area contributed by atoms with Gasteiger partial charge in [0.1, 0.15) is 15.9 Å². The van der Waals surface area contributed by atoms with Gasteiger partial charge in [-0.2, -0.15) is 0 Å². The van der Waals surface area contributed by atoms with Crippen LogP contribution in [0.1, 0.15) is 11.1 Å². The van der Waals surface area contributed by atoms with Gasteiger partial charge in [-0.05, 0) is 161 Å². The van der Waals surface area contributed by atoms with Crippen LogP contribution in [0.15, 0.2) is 53.4 Å². The molecule has 0 spiro atoms. The Labute approximate surface area is 281 Å². The first kappa shape index (κ1) is 30.1. The average molecular weight is 1080 g/mol. The highest BCUT2D eigenvalue weighted by molar-refractivity contribution is 14.1. The van der Waals surface area contributed by atoms with E-state index < -0.39 is 33.9 Å². The minimum absolute atomic E-state index is 0.0962. The summed E-state index contributed by atoms with van der Waals surface area (Å²) in [6.45, 7) is 0. The van der Waals surface area contributed by atoms with E-state index in [2.05, 4.69) is 67.8 Å². The van der Waals surface area contributed by atoms with Crippen LogP contribution < -0.4 is 9.47 Å². The number of carbonyl (C=O) groups excluding carboxylic acids is 2. The quantitative estimate of drug-likeness (QED) is 0.131. The second-order valence-corrected chi connectivity index (χ2v) is 15.3. The molecule has 1 aliphatic rings. The molecule has 2 unspecified atom stereocenters. The van der Waals surface area contributed by atoms with Crippen molar-refractivity contribution < 1.29 is 32.0 Å². The molecule has 194 valence electrons. The smallest absolute Gasteiger partial charge is 0.315 e. The van der Waals surface area contributed by atoms with Gasteiger partial charge < -0.3 is 14.0 Å². The van der Waals surface area contributed by atoms with Crippen molar-refractivity contribution >= 4 is 135 Å². The number of esters is 2. The highest BCUT2D eigenvalue weighted by Crippen LogP contribution is 2.36. The summed E-state index contributed by atoms with van der Waals surface area (Å²) in [5, 5.41) is 0. The summed E-state index contributed by atoms with van der Waals surface area (Å²) in [5.74, 6) is -2.21. The molecule has 0 radical (unpaired) electrons. The standard InChI is InChI=1S/C24H15I5O7S/c25-13-7-17(26)21(18(27)8-13)36-24(31)16-6-12-4-2-1-3-11(12)5-15(16)23(30)35-14-9-19(28)22(20(29)10-14)37(32,33)34/h1-4,7-10,15-16H,5-6H2,(H,32,33,34)/p-1. The molecule has 0 heterocycles. The van der Waals surface area contributed by atoms with Crippen LogP contribution in [0.4, 0.5) is 0 Å². The molecule has 0 saturated heterocycles. The van der Waals surface area contributed by atoms with E-state index in [0.717, 1.165) is 21.8 Å². The Kier molecular flexibility index (Phi) is 10.1. The van der Waals surface area contributed by atoms with Crippen LogP contribution in [0.3, 0.4) is 0 Å². The van der Waals surface area contributed by atoms with Gasteiger partial charge in [-0.1, -0.05) is 24.3 Å². The first-order valence-corrected chi connectivity index (χ1v) is 17.2. The summed E-state index contributed by atoms with van der Waals surface area (Å²) in [6, 6.07) is 14.1. The molecular weight excluding hydrogens is 1070 g/mol. The lowest BCUT2D eigenvalue weighted by atomic mass is 9.76. The van der Waals surface area contributed by atoms with Gasteiger partial charge in [-0.25, -0.2) is 8.42 Å². The molecule has 0 aliphatic heterocycles. The van der Waals surface area contributed by atoms with Gasteiger partial charge in [0, 0.05) is 10.7 Å². The topological polar surface area (TPSA) is 110 Å². The van der Waals surface area contributed by atoms with Gasteiger partial charge >= 0.3 is 11.9 Å². The van der Waals surface area contributed by atoms with Gasteiger partial charge in [0.2, 0.25) is 0 Å². The Morgan fingerprint density at radius 3 is 1.68 bits per heavy atom. The van der Waals surface area contributed by atoms with Crippen LogP contribution in [-0.4, -0.2) is 24.9 Å². The fourth-order valence-corrected chi connectivity index (χ4v) is 11.8. The van der Waals surface area contributed by atoms with Crippen molar-refractivity contribution in [1.82, 2.24) is 0 Å². The van der Waals surface area contributed by atoms with Crippen LogP contribution in [-0.2, 0) is 32.5 Å². The van der Waals surface area contributed by atoms with E-state index in [1.165, 1.54) is 12.1 Å². The van der Waals surface area contributed by atoms with E-state index >= 15 is 0 Å². The van der Waals surface area contributed by atoms with Crippen molar-refractivity contribution in [2.75, 3.05) is 0 Å². The van der Waals surface area contributed by atoms with E-state index in [9.17, 15) is 22.6 Å². The van der Waals surface area contributed by atoms with Gasteiger partial charge in [0.15, 0.2) is 5.75 Å². The number of benzene rings is 3. The summed E-state index contributed by atoms with van der Waals surface area (Å²) in [5.41, 5.74) is 1.92. The highest BCUT2D eigenvalue weighted by Gasteiger charge is 2.41. The molecule has 37 heavy (non-hydrogen) atoms. The first-order chi connectivity index (χ1) is 17.3. The molecule has 0 bridgehead atoms. The normalized spacial score (nSPS) is 17.1. The molecule has 13 heteroatoms. The summed E-state index contributed by atoms with van der Waals surface area (Å²) in [7, 11) is -4.69. The lowest BCUT2D eigenvalue weighted by Crippen LogP contribution is -2.40. The van der Waals surface area contributed by atoms with Crippen LogP contribution in [0, 0.1) is 29.7 Å². The molecular formula is C24H14I5O7S-. The maximum absolute atomic E-state index is 13.5. The van der Waals surface area contributed by atoms with E-state index in [4.69, 9.17) is 9.47 Å². The van der Waals surface area contributed by atoms with Crippen molar-refractivity contribution in [2.24, 2.45) is 11.8 Å². The molecule has 0 amide bonds. The molecule has 0 aromatic heterocycles. The fraction of sp³-hybridized carbons (Fsp3) is 0.167. The second-order valence-electron chi connectivity index (χ2n) is 8.10. The first-order valence-electron chi connectivity index (χ1n) is 10.4. The molecule has 4 rings (SSSR count). The monoisotopic (exact) mass is 1080 g/mol. The van der Waals surface area contributed by atoms with Crippen LogP contribution in [0.2, 0.25) is 0 Å².